The minimum absolute atomic E-state index is 0.141. The van der Waals surface area contributed by atoms with Crippen LogP contribution < -0.4 is 5.14 Å². The molecule has 0 bridgehead atoms. The molecule has 142 valence electrons. The molecule has 1 atom stereocenters. The number of hydrogen-bond donors (Lipinski definition) is 1. The molecule has 4 nitrogen and oxygen atoms in total. The van der Waals surface area contributed by atoms with Crippen molar-refractivity contribution in [1.29, 1.82) is 0 Å². The molecule has 1 aliphatic rings. The van der Waals surface area contributed by atoms with Gasteiger partial charge in [-0.25, -0.2) is 13.6 Å². The van der Waals surface area contributed by atoms with E-state index in [0.717, 1.165) is 24.1 Å². The molecule has 0 amide bonds. The Balaban J connectivity index is 0.00000117. The van der Waals surface area contributed by atoms with Crippen molar-refractivity contribution in [2.24, 2.45) is 5.14 Å². The molecule has 5 heteroatoms. The fraction of sp³-hybridized carbons (Fsp3) is 0.429. The average Bonchev–Trinajstić information content (AvgIpc) is 3.06. The SMILES string of the molecule is CC.C[C@@H]1CCCN1CCc1ccc(-c2ccc(S(N)(=O)=O)cc2)cc1. The largest absolute Gasteiger partial charge is 0.300 e. The highest BCUT2D eigenvalue weighted by atomic mass is 32.2. The predicted molar refractivity (Wildman–Crippen MR) is 109 cm³/mol. The van der Waals surface area contributed by atoms with E-state index in [1.54, 1.807) is 24.3 Å². The second-order valence-electron chi connectivity index (χ2n) is 6.54. The van der Waals surface area contributed by atoms with Crippen molar-refractivity contribution in [1.82, 2.24) is 4.90 Å². The normalized spacial score (nSPS) is 17.6. The van der Waals surface area contributed by atoms with Crippen molar-refractivity contribution >= 4 is 10.0 Å². The maximum Gasteiger partial charge on any atom is 0.238 e. The summed E-state index contributed by atoms with van der Waals surface area (Å²) in [4.78, 5) is 2.70. The zero-order valence-corrected chi connectivity index (χ0v) is 16.8. The molecule has 2 N–H and O–H groups in total. The molecule has 2 aromatic carbocycles. The van der Waals surface area contributed by atoms with Crippen LogP contribution in [0.3, 0.4) is 0 Å². The summed E-state index contributed by atoms with van der Waals surface area (Å²) < 4.78 is 22.6. The second kappa shape index (κ2) is 9.31. The Bertz CT molecular complexity index is 784. The van der Waals surface area contributed by atoms with Crippen molar-refractivity contribution < 1.29 is 8.42 Å². The molecule has 1 aliphatic heterocycles. The Morgan fingerprint density at radius 2 is 1.54 bits per heavy atom. The number of likely N-dealkylation sites (tertiary alicyclic amines) is 1. The highest BCUT2D eigenvalue weighted by Gasteiger charge is 2.19. The molecule has 0 aromatic heterocycles. The van der Waals surface area contributed by atoms with Crippen LogP contribution in [0.4, 0.5) is 0 Å². The lowest BCUT2D eigenvalue weighted by Crippen LogP contribution is -2.28. The molecule has 1 heterocycles. The Morgan fingerprint density at radius 3 is 2.00 bits per heavy atom. The summed E-state index contributed by atoms with van der Waals surface area (Å²) in [6.45, 7) is 8.64. The Labute approximate surface area is 158 Å². The van der Waals surface area contributed by atoms with Crippen LogP contribution in [0.15, 0.2) is 53.4 Å². The number of hydrogen-bond acceptors (Lipinski definition) is 3. The first kappa shape index (κ1) is 20.6. The van der Waals surface area contributed by atoms with Gasteiger partial charge < -0.3 is 4.90 Å². The monoisotopic (exact) mass is 374 g/mol. The van der Waals surface area contributed by atoms with Crippen molar-refractivity contribution in [2.75, 3.05) is 13.1 Å². The van der Waals surface area contributed by atoms with Gasteiger partial charge in [-0.1, -0.05) is 50.2 Å². The number of benzene rings is 2. The predicted octanol–water partition coefficient (Wildman–Crippen LogP) is 4.05. The first-order valence-electron chi connectivity index (χ1n) is 9.40. The molecule has 0 spiro atoms. The Kier molecular flexibility index (Phi) is 7.38. The minimum Gasteiger partial charge on any atom is -0.300 e. The standard InChI is InChI=1S/C19H24N2O2S.C2H6/c1-15-3-2-13-21(15)14-12-16-4-6-17(7-5-16)18-8-10-19(11-9-18)24(20,22)23;1-2/h4-11,15H,2-3,12-14H2,1H3,(H2,20,22,23);1-2H3/t15-;/m1./s1. The van der Waals surface area contributed by atoms with Crippen molar-refractivity contribution in [2.45, 2.75) is 51.0 Å². The summed E-state index contributed by atoms with van der Waals surface area (Å²) in [7, 11) is -3.63. The molecule has 3 rings (SSSR count). The zero-order valence-electron chi connectivity index (χ0n) is 16.0. The van der Waals surface area contributed by atoms with Gasteiger partial charge in [-0.2, -0.15) is 0 Å². The van der Waals surface area contributed by atoms with Crippen LogP contribution in [0.25, 0.3) is 11.1 Å². The average molecular weight is 375 g/mol. The van der Waals surface area contributed by atoms with Crippen LogP contribution in [0, 0.1) is 0 Å². The van der Waals surface area contributed by atoms with Gasteiger partial charge in [-0.3, -0.25) is 0 Å². The third kappa shape index (κ3) is 5.40. The lowest BCUT2D eigenvalue weighted by atomic mass is 10.0. The van der Waals surface area contributed by atoms with Gasteiger partial charge in [0.2, 0.25) is 10.0 Å². The van der Waals surface area contributed by atoms with E-state index in [1.165, 1.54) is 24.9 Å². The summed E-state index contributed by atoms with van der Waals surface area (Å²) in [5, 5.41) is 5.13. The Hall–Kier alpha value is -1.69. The van der Waals surface area contributed by atoms with Gasteiger partial charge in [-0.05, 0) is 61.6 Å². The molecule has 1 saturated heterocycles. The van der Waals surface area contributed by atoms with Crippen molar-refractivity contribution in [3.63, 3.8) is 0 Å². The van der Waals surface area contributed by atoms with E-state index in [2.05, 4.69) is 36.1 Å². The van der Waals surface area contributed by atoms with Gasteiger partial charge in [-0.15, -0.1) is 0 Å². The smallest absolute Gasteiger partial charge is 0.238 e. The highest BCUT2D eigenvalue weighted by molar-refractivity contribution is 7.89. The first-order chi connectivity index (χ1) is 12.4. The lowest BCUT2D eigenvalue weighted by molar-refractivity contribution is 0.272. The summed E-state index contributed by atoms with van der Waals surface area (Å²) >= 11 is 0. The molecule has 0 unspecified atom stereocenters. The molecule has 0 radical (unpaired) electrons. The number of nitrogens with zero attached hydrogens (tertiary/aromatic N) is 1. The van der Waals surface area contributed by atoms with E-state index < -0.39 is 10.0 Å². The van der Waals surface area contributed by atoms with Crippen LogP contribution in [-0.2, 0) is 16.4 Å². The van der Waals surface area contributed by atoms with Crippen LogP contribution in [0.5, 0.6) is 0 Å². The summed E-state index contributed by atoms with van der Waals surface area (Å²) in [6, 6.07) is 15.9. The minimum atomic E-state index is -3.63. The molecule has 2 aromatic rings. The van der Waals surface area contributed by atoms with Gasteiger partial charge in [0.15, 0.2) is 0 Å². The molecular weight excluding hydrogens is 344 g/mol. The van der Waals surface area contributed by atoms with E-state index >= 15 is 0 Å². The van der Waals surface area contributed by atoms with Gasteiger partial charge >= 0.3 is 0 Å². The second-order valence-corrected chi connectivity index (χ2v) is 8.10. The van der Waals surface area contributed by atoms with Crippen LogP contribution in [0.2, 0.25) is 0 Å². The van der Waals surface area contributed by atoms with E-state index in [1.807, 2.05) is 13.8 Å². The fourth-order valence-corrected chi connectivity index (χ4v) is 3.81. The lowest BCUT2D eigenvalue weighted by Gasteiger charge is -2.20. The first-order valence-corrected chi connectivity index (χ1v) is 10.9. The molecule has 1 fully saturated rings. The maximum absolute atomic E-state index is 11.3. The molecule has 0 saturated carbocycles. The van der Waals surface area contributed by atoms with Crippen LogP contribution in [0.1, 0.15) is 39.2 Å². The van der Waals surface area contributed by atoms with Gasteiger partial charge in [0, 0.05) is 12.6 Å². The molecular formula is C21H30N2O2S. The number of rotatable bonds is 5. The molecule has 0 aliphatic carbocycles. The third-order valence-electron chi connectivity index (χ3n) is 4.85. The number of nitrogens with two attached hydrogens (primary N) is 1. The van der Waals surface area contributed by atoms with Crippen LogP contribution in [-0.4, -0.2) is 32.4 Å². The summed E-state index contributed by atoms with van der Waals surface area (Å²) in [5.74, 6) is 0. The Morgan fingerprint density at radius 1 is 1.00 bits per heavy atom. The highest BCUT2D eigenvalue weighted by Crippen LogP contribution is 2.22. The van der Waals surface area contributed by atoms with Crippen molar-refractivity contribution in [3.8, 4) is 11.1 Å². The quantitative estimate of drug-likeness (QED) is 0.858. The third-order valence-corrected chi connectivity index (χ3v) is 5.78. The summed E-state index contributed by atoms with van der Waals surface area (Å²) in [5.41, 5.74) is 3.40. The van der Waals surface area contributed by atoms with Gasteiger partial charge in [0.05, 0.1) is 4.90 Å². The number of primary sulfonamides is 1. The van der Waals surface area contributed by atoms with E-state index in [9.17, 15) is 8.42 Å². The summed E-state index contributed by atoms with van der Waals surface area (Å²) in [6.07, 6.45) is 3.69. The zero-order chi connectivity index (χ0) is 19.2. The van der Waals surface area contributed by atoms with Gasteiger partial charge in [0.25, 0.3) is 0 Å². The molecule has 26 heavy (non-hydrogen) atoms. The van der Waals surface area contributed by atoms with Crippen molar-refractivity contribution in [3.05, 3.63) is 54.1 Å². The topological polar surface area (TPSA) is 63.4 Å². The van der Waals surface area contributed by atoms with E-state index in [4.69, 9.17) is 5.14 Å². The van der Waals surface area contributed by atoms with E-state index in [-0.39, 0.29) is 4.90 Å². The van der Waals surface area contributed by atoms with Gasteiger partial charge in [0.1, 0.15) is 0 Å². The maximum atomic E-state index is 11.3. The van der Waals surface area contributed by atoms with E-state index in [0.29, 0.717) is 6.04 Å². The number of sulfonamides is 1. The van der Waals surface area contributed by atoms with Crippen LogP contribution >= 0.6 is 0 Å². The fourth-order valence-electron chi connectivity index (χ4n) is 3.30.